The smallest absolute Gasteiger partial charge is 0.175 e. The van der Waals surface area contributed by atoms with Crippen LogP contribution in [0.5, 0.6) is 0 Å². The molecule has 0 bridgehead atoms. The van der Waals surface area contributed by atoms with E-state index in [1.807, 2.05) is 30.3 Å². The molecule has 0 heterocycles. The fourth-order valence-electron chi connectivity index (χ4n) is 1.46. The van der Waals surface area contributed by atoms with E-state index >= 15 is 0 Å². The molecule has 0 aliphatic carbocycles. The summed E-state index contributed by atoms with van der Waals surface area (Å²) in [6.45, 7) is 0. The molecule has 0 spiro atoms. The van der Waals surface area contributed by atoms with Gasteiger partial charge in [0.2, 0.25) is 0 Å². The Morgan fingerprint density at radius 1 is 1.05 bits per heavy atom. The fraction of sp³-hybridized carbons (Fsp3) is 0. The first-order valence-electron chi connectivity index (χ1n) is 5.34. The van der Waals surface area contributed by atoms with Crippen molar-refractivity contribution in [2.75, 3.05) is 10.6 Å². The minimum absolute atomic E-state index is 0.302. The van der Waals surface area contributed by atoms with E-state index < -0.39 is 5.82 Å². The summed E-state index contributed by atoms with van der Waals surface area (Å²) in [6, 6.07) is 12.6. The summed E-state index contributed by atoms with van der Waals surface area (Å²) in [7, 11) is 0. The highest BCUT2D eigenvalue weighted by Gasteiger charge is 2.10. The van der Waals surface area contributed by atoms with Gasteiger partial charge < -0.3 is 10.6 Å². The molecule has 0 aromatic heterocycles. The van der Waals surface area contributed by atoms with Crippen molar-refractivity contribution in [3.05, 3.63) is 57.2 Å². The second-order valence-electron chi connectivity index (χ2n) is 3.69. The third kappa shape index (κ3) is 3.99. The van der Waals surface area contributed by atoms with Crippen molar-refractivity contribution in [2.24, 2.45) is 0 Å². The first-order chi connectivity index (χ1) is 9.06. The Morgan fingerprint density at radius 2 is 1.74 bits per heavy atom. The lowest BCUT2D eigenvalue weighted by molar-refractivity contribution is 0.630. The van der Waals surface area contributed by atoms with Crippen molar-refractivity contribution < 1.29 is 4.39 Å². The van der Waals surface area contributed by atoms with E-state index in [2.05, 4.69) is 42.5 Å². The molecule has 2 aromatic rings. The van der Waals surface area contributed by atoms with Crippen molar-refractivity contribution in [1.82, 2.24) is 0 Å². The Labute approximate surface area is 132 Å². The van der Waals surface area contributed by atoms with Crippen LogP contribution in [-0.4, -0.2) is 5.11 Å². The number of nitrogens with one attached hydrogen (secondary N) is 2. The van der Waals surface area contributed by atoms with Gasteiger partial charge in [0.05, 0.1) is 5.69 Å². The molecule has 2 rings (SSSR count). The molecule has 6 heteroatoms. The van der Waals surface area contributed by atoms with Crippen molar-refractivity contribution in [1.29, 1.82) is 0 Å². The molecule has 0 atom stereocenters. The topological polar surface area (TPSA) is 24.1 Å². The zero-order valence-electron chi connectivity index (χ0n) is 9.58. The fourth-order valence-corrected chi connectivity index (χ4v) is 2.95. The maximum atomic E-state index is 13.8. The van der Waals surface area contributed by atoms with Crippen LogP contribution in [-0.2, 0) is 0 Å². The number of para-hydroxylation sites is 1. The molecular weight excluding hydrogens is 395 g/mol. The van der Waals surface area contributed by atoms with Gasteiger partial charge >= 0.3 is 0 Å². The maximum absolute atomic E-state index is 13.8. The molecule has 0 aliphatic rings. The molecule has 0 saturated heterocycles. The summed E-state index contributed by atoms with van der Waals surface area (Å²) in [4.78, 5) is 0. The Hall–Kier alpha value is -0.980. The zero-order valence-corrected chi connectivity index (χ0v) is 13.6. The van der Waals surface area contributed by atoms with Gasteiger partial charge in [0.25, 0.3) is 0 Å². The van der Waals surface area contributed by atoms with Gasteiger partial charge in [-0.3, -0.25) is 0 Å². The summed E-state index contributed by atoms with van der Waals surface area (Å²) in [6.07, 6.45) is 0. The summed E-state index contributed by atoms with van der Waals surface area (Å²) in [5, 5.41) is 6.14. The van der Waals surface area contributed by atoms with Crippen LogP contribution < -0.4 is 10.6 Å². The van der Waals surface area contributed by atoms with Gasteiger partial charge in [-0.1, -0.05) is 34.1 Å². The summed E-state index contributed by atoms with van der Waals surface area (Å²) in [5.41, 5.74) is 1.14. The largest absolute Gasteiger partial charge is 0.332 e. The Kier molecular flexibility index (Phi) is 4.90. The minimum Gasteiger partial charge on any atom is -0.332 e. The van der Waals surface area contributed by atoms with Gasteiger partial charge in [0.1, 0.15) is 5.82 Å². The van der Waals surface area contributed by atoms with E-state index in [9.17, 15) is 4.39 Å². The normalized spacial score (nSPS) is 10.1. The van der Waals surface area contributed by atoms with E-state index in [4.69, 9.17) is 12.2 Å². The van der Waals surface area contributed by atoms with Crippen LogP contribution in [0.15, 0.2) is 51.4 Å². The molecule has 0 unspecified atom stereocenters. The number of hydrogen-bond acceptors (Lipinski definition) is 1. The van der Waals surface area contributed by atoms with Gasteiger partial charge in [-0.2, -0.15) is 0 Å². The van der Waals surface area contributed by atoms with Crippen LogP contribution in [0.2, 0.25) is 0 Å². The molecular formula is C13H9Br2FN2S. The zero-order chi connectivity index (χ0) is 13.8. The average Bonchev–Trinajstić information content (AvgIpc) is 2.35. The van der Waals surface area contributed by atoms with Crippen molar-refractivity contribution >= 4 is 60.6 Å². The molecule has 19 heavy (non-hydrogen) atoms. The van der Waals surface area contributed by atoms with Crippen molar-refractivity contribution in [2.45, 2.75) is 0 Å². The molecule has 0 saturated carbocycles. The number of rotatable bonds is 2. The quantitative estimate of drug-likeness (QED) is 0.677. The number of halogens is 3. The lowest BCUT2D eigenvalue weighted by Gasteiger charge is -2.13. The SMILES string of the molecule is Fc1cc(Br)cc(Br)c1NC(=S)Nc1ccccc1. The second kappa shape index (κ2) is 6.45. The predicted molar refractivity (Wildman–Crippen MR) is 88.1 cm³/mol. The molecule has 98 valence electrons. The van der Waals surface area contributed by atoms with E-state index in [-0.39, 0.29) is 0 Å². The highest BCUT2D eigenvalue weighted by Crippen LogP contribution is 2.29. The second-order valence-corrected chi connectivity index (χ2v) is 5.87. The Bertz CT molecular complexity index is 582. The molecule has 0 radical (unpaired) electrons. The van der Waals surface area contributed by atoms with Crippen LogP contribution >= 0.6 is 44.1 Å². The lowest BCUT2D eigenvalue weighted by Crippen LogP contribution is -2.20. The van der Waals surface area contributed by atoms with E-state index in [0.717, 1.165) is 5.69 Å². The van der Waals surface area contributed by atoms with E-state index in [0.29, 0.717) is 19.7 Å². The summed E-state index contributed by atoms with van der Waals surface area (Å²) < 4.78 is 15.1. The summed E-state index contributed by atoms with van der Waals surface area (Å²) in [5.74, 6) is -0.390. The minimum atomic E-state index is -0.390. The molecule has 0 aliphatic heterocycles. The lowest BCUT2D eigenvalue weighted by atomic mass is 10.3. The predicted octanol–water partition coefficient (Wildman–Crippen LogP) is 5.16. The van der Waals surface area contributed by atoms with Crippen LogP contribution in [0.25, 0.3) is 0 Å². The molecule has 2 aromatic carbocycles. The standard InChI is InChI=1S/C13H9Br2FN2S/c14-8-6-10(15)12(11(16)7-8)18-13(19)17-9-4-2-1-3-5-9/h1-7H,(H2,17,18,19). The molecule has 0 fully saturated rings. The third-order valence-corrected chi connectivity index (χ3v) is 3.56. The Balaban J connectivity index is 2.12. The number of benzene rings is 2. The van der Waals surface area contributed by atoms with Crippen LogP contribution in [0.3, 0.4) is 0 Å². The third-order valence-electron chi connectivity index (χ3n) is 2.28. The highest BCUT2D eigenvalue weighted by molar-refractivity contribution is 9.11. The Morgan fingerprint density at radius 3 is 2.37 bits per heavy atom. The van der Waals surface area contributed by atoms with Gasteiger partial charge in [0, 0.05) is 14.6 Å². The first-order valence-corrected chi connectivity index (χ1v) is 7.33. The van der Waals surface area contributed by atoms with Crippen molar-refractivity contribution in [3.8, 4) is 0 Å². The first kappa shape index (κ1) is 14.4. The van der Waals surface area contributed by atoms with Gasteiger partial charge in [-0.25, -0.2) is 4.39 Å². The van der Waals surface area contributed by atoms with E-state index in [1.54, 1.807) is 6.07 Å². The number of thiocarbonyl (C=S) groups is 1. The molecule has 2 nitrogen and oxygen atoms in total. The van der Waals surface area contributed by atoms with Crippen LogP contribution in [0, 0.1) is 5.82 Å². The van der Waals surface area contributed by atoms with Crippen molar-refractivity contribution in [3.63, 3.8) is 0 Å². The van der Waals surface area contributed by atoms with Crippen LogP contribution in [0.1, 0.15) is 0 Å². The number of hydrogen-bond donors (Lipinski definition) is 2. The summed E-state index contributed by atoms with van der Waals surface area (Å²) >= 11 is 11.7. The van der Waals surface area contributed by atoms with Crippen LogP contribution in [0.4, 0.5) is 15.8 Å². The highest BCUT2D eigenvalue weighted by atomic mass is 79.9. The van der Waals surface area contributed by atoms with Gasteiger partial charge in [-0.05, 0) is 52.4 Å². The molecule has 2 N–H and O–H groups in total. The molecule has 0 amide bonds. The van der Waals surface area contributed by atoms with E-state index in [1.165, 1.54) is 6.07 Å². The van der Waals surface area contributed by atoms with Gasteiger partial charge in [-0.15, -0.1) is 0 Å². The van der Waals surface area contributed by atoms with Gasteiger partial charge in [0.15, 0.2) is 5.11 Å². The average molecular weight is 404 g/mol. The monoisotopic (exact) mass is 402 g/mol. The maximum Gasteiger partial charge on any atom is 0.175 e. The number of anilines is 2.